The van der Waals surface area contributed by atoms with E-state index >= 15 is 0 Å². The van der Waals surface area contributed by atoms with Crippen LogP contribution in [0.1, 0.15) is 36.0 Å². The number of halogens is 1. The van der Waals surface area contributed by atoms with E-state index in [1.165, 1.54) is 11.3 Å². The van der Waals surface area contributed by atoms with E-state index in [0.29, 0.717) is 26.5 Å². The number of pyridine rings is 1. The van der Waals surface area contributed by atoms with Gasteiger partial charge in [-0.2, -0.15) is 0 Å². The monoisotopic (exact) mass is 414 g/mol. The number of carbonyl (C=O) groups is 2. The Balaban J connectivity index is 1.56. The zero-order valence-corrected chi connectivity index (χ0v) is 16.7. The number of rotatable bonds is 5. The number of hydrogen-bond donors (Lipinski definition) is 1. The predicted octanol–water partition coefficient (Wildman–Crippen LogP) is 4.83. The number of amides is 1. The van der Waals surface area contributed by atoms with E-state index in [2.05, 4.69) is 10.3 Å². The van der Waals surface area contributed by atoms with Crippen molar-refractivity contribution in [3.8, 4) is 10.6 Å². The molecule has 1 aliphatic rings. The molecule has 144 valence electrons. The van der Waals surface area contributed by atoms with Crippen LogP contribution in [0, 0.1) is 0 Å². The molecule has 7 heteroatoms. The van der Waals surface area contributed by atoms with Crippen LogP contribution in [0.15, 0.2) is 42.5 Å². The summed E-state index contributed by atoms with van der Waals surface area (Å²) in [6.07, 6.45) is 4.23. The topological polar surface area (TPSA) is 68.3 Å². The van der Waals surface area contributed by atoms with Crippen LogP contribution in [0.5, 0.6) is 0 Å². The van der Waals surface area contributed by atoms with Gasteiger partial charge in [-0.25, -0.2) is 9.78 Å². The maximum atomic E-state index is 12.7. The number of thiophene rings is 1. The first-order chi connectivity index (χ1) is 13.6. The van der Waals surface area contributed by atoms with Gasteiger partial charge in [0.15, 0.2) is 6.61 Å². The molecule has 1 N–H and O–H groups in total. The molecular weight excluding hydrogens is 396 g/mol. The summed E-state index contributed by atoms with van der Waals surface area (Å²) in [6.45, 7) is -0.286. The van der Waals surface area contributed by atoms with Crippen LogP contribution in [0.3, 0.4) is 0 Å². The van der Waals surface area contributed by atoms with Crippen LogP contribution in [-0.2, 0) is 9.53 Å². The van der Waals surface area contributed by atoms with E-state index in [4.69, 9.17) is 16.3 Å². The average molecular weight is 415 g/mol. The molecule has 1 fully saturated rings. The summed E-state index contributed by atoms with van der Waals surface area (Å²) in [5.74, 6) is -0.798. The number of aromatic nitrogens is 1. The fraction of sp³-hybridized carbons (Fsp3) is 0.286. The highest BCUT2D eigenvalue weighted by molar-refractivity contribution is 7.19. The lowest BCUT2D eigenvalue weighted by atomic mass is 10.1. The largest absolute Gasteiger partial charge is 0.452 e. The lowest BCUT2D eigenvalue weighted by molar-refractivity contribution is -0.124. The number of nitrogens with one attached hydrogen (secondary N) is 1. The number of carbonyl (C=O) groups excluding carboxylic acids is 2. The highest BCUT2D eigenvalue weighted by Gasteiger charge is 2.20. The van der Waals surface area contributed by atoms with Gasteiger partial charge in [-0.15, -0.1) is 11.3 Å². The molecule has 1 aromatic carbocycles. The van der Waals surface area contributed by atoms with Gasteiger partial charge in [0, 0.05) is 11.4 Å². The minimum absolute atomic E-state index is 0.197. The third-order valence-electron chi connectivity index (χ3n) is 4.82. The van der Waals surface area contributed by atoms with E-state index in [9.17, 15) is 9.59 Å². The molecule has 1 saturated carbocycles. The van der Waals surface area contributed by atoms with E-state index < -0.39 is 5.97 Å². The quantitative estimate of drug-likeness (QED) is 0.607. The Labute approximate surface area is 171 Å². The van der Waals surface area contributed by atoms with Gasteiger partial charge in [0.1, 0.15) is 0 Å². The minimum Gasteiger partial charge on any atom is -0.452 e. The van der Waals surface area contributed by atoms with Gasteiger partial charge in [-0.05, 0) is 37.1 Å². The van der Waals surface area contributed by atoms with E-state index in [1.54, 1.807) is 12.1 Å². The number of benzene rings is 1. The molecule has 0 unspecified atom stereocenters. The molecule has 0 radical (unpaired) electrons. The lowest BCUT2D eigenvalue weighted by Crippen LogP contribution is -2.35. The Bertz CT molecular complexity index is 1030. The van der Waals surface area contributed by atoms with Crippen molar-refractivity contribution in [2.45, 2.75) is 31.7 Å². The normalized spacial score (nSPS) is 14.3. The zero-order valence-electron chi connectivity index (χ0n) is 15.1. The van der Waals surface area contributed by atoms with E-state index in [1.807, 2.05) is 30.3 Å². The SMILES string of the molecule is O=C(COC(=O)c1cc(-c2ccc(Cl)s2)nc2ccccc12)NC1CCCC1. The van der Waals surface area contributed by atoms with Gasteiger partial charge in [-0.3, -0.25) is 4.79 Å². The summed E-state index contributed by atoms with van der Waals surface area (Å²) >= 11 is 7.43. The lowest BCUT2D eigenvalue weighted by Gasteiger charge is -2.13. The maximum Gasteiger partial charge on any atom is 0.339 e. The predicted molar refractivity (Wildman–Crippen MR) is 111 cm³/mol. The zero-order chi connectivity index (χ0) is 19.5. The van der Waals surface area contributed by atoms with Crippen molar-refractivity contribution in [3.63, 3.8) is 0 Å². The molecule has 0 bridgehead atoms. The third kappa shape index (κ3) is 4.18. The number of hydrogen-bond acceptors (Lipinski definition) is 5. The van der Waals surface area contributed by atoms with Crippen LogP contribution >= 0.6 is 22.9 Å². The van der Waals surface area contributed by atoms with Crippen molar-refractivity contribution in [3.05, 3.63) is 52.4 Å². The van der Waals surface area contributed by atoms with Gasteiger partial charge in [0.25, 0.3) is 5.91 Å². The van der Waals surface area contributed by atoms with Gasteiger partial charge >= 0.3 is 5.97 Å². The summed E-state index contributed by atoms with van der Waals surface area (Å²) in [7, 11) is 0. The number of esters is 1. The molecule has 1 aliphatic carbocycles. The summed E-state index contributed by atoms with van der Waals surface area (Å²) in [6, 6.07) is 12.9. The molecule has 0 spiro atoms. The summed E-state index contributed by atoms with van der Waals surface area (Å²) in [5, 5.41) is 3.61. The van der Waals surface area contributed by atoms with Crippen molar-refractivity contribution in [2.75, 3.05) is 6.61 Å². The molecule has 3 aromatic rings. The van der Waals surface area contributed by atoms with Crippen LogP contribution in [0.2, 0.25) is 4.34 Å². The number of nitrogens with zero attached hydrogens (tertiary/aromatic N) is 1. The Morgan fingerprint density at radius 2 is 1.96 bits per heavy atom. The molecule has 2 heterocycles. The van der Waals surface area contributed by atoms with E-state index in [-0.39, 0.29) is 18.6 Å². The molecule has 2 aromatic heterocycles. The molecular formula is C21H19ClN2O3S. The highest BCUT2D eigenvalue weighted by Crippen LogP contribution is 2.32. The van der Waals surface area contributed by atoms with Crippen LogP contribution in [0.4, 0.5) is 0 Å². The molecule has 1 amide bonds. The molecule has 0 aliphatic heterocycles. The molecule has 4 rings (SSSR count). The fourth-order valence-corrected chi connectivity index (χ4v) is 4.47. The molecule has 5 nitrogen and oxygen atoms in total. The second kappa shape index (κ2) is 8.29. The summed E-state index contributed by atoms with van der Waals surface area (Å²) in [5.41, 5.74) is 1.73. The van der Waals surface area contributed by atoms with Crippen molar-refractivity contribution in [1.82, 2.24) is 10.3 Å². The van der Waals surface area contributed by atoms with Gasteiger partial charge < -0.3 is 10.1 Å². The van der Waals surface area contributed by atoms with Crippen molar-refractivity contribution in [2.24, 2.45) is 0 Å². The molecule has 0 saturated heterocycles. The molecule has 28 heavy (non-hydrogen) atoms. The summed E-state index contributed by atoms with van der Waals surface area (Å²) in [4.78, 5) is 30.3. The Kier molecular flexibility index (Phi) is 5.59. The van der Waals surface area contributed by atoms with Crippen molar-refractivity contribution < 1.29 is 14.3 Å². The highest BCUT2D eigenvalue weighted by atomic mass is 35.5. The molecule has 0 atom stereocenters. The Morgan fingerprint density at radius 1 is 1.18 bits per heavy atom. The maximum absolute atomic E-state index is 12.7. The summed E-state index contributed by atoms with van der Waals surface area (Å²) < 4.78 is 5.95. The Morgan fingerprint density at radius 3 is 2.71 bits per heavy atom. The number of para-hydroxylation sites is 1. The smallest absolute Gasteiger partial charge is 0.339 e. The van der Waals surface area contributed by atoms with Crippen molar-refractivity contribution in [1.29, 1.82) is 0 Å². The average Bonchev–Trinajstić information content (AvgIpc) is 3.37. The first-order valence-corrected chi connectivity index (χ1v) is 10.4. The first kappa shape index (κ1) is 18.9. The minimum atomic E-state index is -0.538. The van der Waals surface area contributed by atoms with Crippen LogP contribution in [0.25, 0.3) is 21.5 Å². The Hall–Kier alpha value is -2.44. The fourth-order valence-electron chi connectivity index (χ4n) is 3.47. The van der Waals surface area contributed by atoms with Gasteiger partial charge in [0.2, 0.25) is 0 Å². The van der Waals surface area contributed by atoms with Gasteiger partial charge in [-0.1, -0.05) is 42.6 Å². The first-order valence-electron chi connectivity index (χ1n) is 9.22. The van der Waals surface area contributed by atoms with E-state index in [0.717, 1.165) is 30.6 Å². The van der Waals surface area contributed by atoms with Crippen LogP contribution in [-0.4, -0.2) is 29.5 Å². The second-order valence-electron chi connectivity index (χ2n) is 6.80. The van der Waals surface area contributed by atoms with Crippen LogP contribution < -0.4 is 5.32 Å². The number of ether oxygens (including phenoxy) is 1. The number of fused-ring (bicyclic) bond motifs is 1. The second-order valence-corrected chi connectivity index (χ2v) is 8.52. The standard InChI is InChI=1S/C21H19ClN2O3S/c22-19-10-9-18(28-19)17-11-15(14-7-3-4-8-16(14)24-17)21(26)27-12-20(25)23-13-5-1-2-6-13/h3-4,7-11,13H,1-2,5-6,12H2,(H,23,25). The third-order valence-corrected chi connectivity index (χ3v) is 6.07. The van der Waals surface area contributed by atoms with Crippen molar-refractivity contribution >= 4 is 45.7 Å². The van der Waals surface area contributed by atoms with Gasteiger partial charge in [0.05, 0.1) is 26.0 Å².